The van der Waals surface area contributed by atoms with Crippen LogP contribution in [0.4, 0.5) is 11.4 Å². The van der Waals surface area contributed by atoms with Gasteiger partial charge in [-0.1, -0.05) is 59.3 Å². The lowest BCUT2D eigenvalue weighted by Crippen LogP contribution is -2.18. The van der Waals surface area contributed by atoms with Crippen molar-refractivity contribution in [2.75, 3.05) is 10.6 Å². The van der Waals surface area contributed by atoms with Gasteiger partial charge < -0.3 is 10.6 Å². The van der Waals surface area contributed by atoms with Crippen molar-refractivity contribution >= 4 is 34.8 Å². The predicted molar refractivity (Wildman–Crippen MR) is 119 cm³/mol. The molecule has 0 aliphatic carbocycles. The molecule has 0 atom stereocenters. The molecule has 0 unspecified atom stereocenters. The summed E-state index contributed by atoms with van der Waals surface area (Å²) >= 11 is 5.88. The van der Waals surface area contributed by atoms with Crippen LogP contribution < -0.4 is 10.6 Å². The van der Waals surface area contributed by atoms with Crippen molar-refractivity contribution in [3.05, 3.63) is 107 Å². The Bertz CT molecular complexity index is 1210. The summed E-state index contributed by atoms with van der Waals surface area (Å²) in [6.07, 6.45) is 1.57. The Morgan fingerprint density at radius 3 is 2.32 bits per heavy atom. The van der Waals surface area contributed by atoms with Crippen molar-refractivity contribution in [1.29, 1.82) is 0 Å². The first-order valence-electron chi connectivity index (χ1n) is 9.50. The number of rotatable bonds is 6. The first kappa shape index (κ1) is 20.3. The summed E-state index contributed by atoms with van der Waals surface area (Å²) in [6, 6.07) is 23.3. The molecule has 0 radical (unpaired) electrons. The number of halogens is 1. The van der Waals surface area contributed by atoms with E-state index in [-0.39, 0.29) is 11.6 Å². The minimum atomic E-state index is -0.453. The highest BCUT2D eigenvalue weighted by atomic mass is 35.5. The minimum Gasteiger partial charge on any atom is -0.322 e. The summed E-state index contributed by atoms with van der Waals surface area (Å²) in [4.78, 5) is 25.4. The van der Waals surface area contributed by atoms with E-state index in [0.29, 0.717) is 28.5 Å². The van der Waals surface area contributed by atoms with Crippen LogP contribution in [0.15, 0.2) is 85.1 Å². The molecule has 1 aromatic heterocycles. The highest BCUT2D eigenvalue weighted by Gasteiger charge is 2.16. The Morgan fingerprint density at radius 1 is 0.839 bits per heavy atom. The fourth-order valence-corrected chi connectivity index (χ4v) is 3.08. The zero-order chi connectivity index (χ0) is 21.6. The number of aromatic nitrogens is 3. The standard InChI is InChI=1S/C23H18ClN5O2/c24-17-10-12-18(13-11-17)25-22(30)19-8-4-5-9-20(19)26-23(31)21-15-29(28-27-21)14-16-6-2-1-3-7-16/h1-13,15H,14H2,(H,25,30)(H,26,31). The summed E-state index contributed by atoms with van der Waals surface area (Å²) in [6.45, 7) is 0.501. The van der Waals surface area contributed by atoms with Gasteiger partial charge in [0.05, 0.1) is 24.0 Å². The lowest BCUT2D eigenvalue weighted by Gasteiger charge is -2.11. The number of nitrogens with one attached hydrogen (secondary N) is 2. The smallest absolute Gasteiger partial charge is 0.277 e. The Labute approximate surface area is 183 Å². The number of para-hydroxylation sites is 1. The van der Waals surface area contributed by atoms with Crippen molar-refractivity contribution in [2.45, 2.75) is 6.54 Å². The molecule has 2 N–H and O–H groups in total. The van der Waals surface area contributed by atoms with E-state index >= 15 is 0 Å². The van der Waals surface area contributed by atoms with Gasteiger partial charge in [0, 0.05) is 10.7 Å². The average Bonchev–Trinajstić information content (AvgIpc) is 3.25. The topological polar surface area (TPSA) is 88.9 Å². The fourth-order valence-electron chi connectivity index (χ4n) is 2.96. The molecule has 4 aromatic rings. The molecule has 0 fully saturated rings. The number of benzene rings is 3. The molecule has 0 aliphatic heterocycles. The summed E-state index contributed by atoms with van der Waals surface area (Å²) in [5, 5.41) is 14.1. The predicted octanol–water partition coefficient (Wildman–Crippen LogP) is 4.48. The summed E-state index contributed by atoms with van der Waals surface area (Å²) in [5.41, 5.74) is 2.49. The first-order chi connectivity index (χ1) is 15.1. The number of carbonyl (C=O) groups is 2. The maximum absolute atomic E-state index is 12.7. The number of carbonyl (C=O) groups excluding carboxylic acids is 2. The van der Waals surface area contributed by atoms with Crippen molar-refractivity contribution in [3.63, 3.8) is 0 Å². The van der Waals surface area contributed by atoms with Gasteiger partial charge in [-0.25, -0.2) is 4.68 Å². The third-order valence-electron chi connectivity index (χ3n) is 4.48. The van der Waals surface area contributed by atoms with Gasteiger partial charge in [-0.15, -0.1) is 5.10 Å². The molecule has 2 amide bonds. The van der Waals surface area contributed by atoms with Gasteiger partial charge in [-0.3, -0.25) is 9.59 Å². The van der Waals surface area contributed by atoms with Gasteiger partial charge in [0.15, 0.2) is 5.69 Å². The van der Waals surface area contributed by atoms with Crippen LogP contribution in [0.1, 0.15) is 26.4 Å². The third-order valence-corrected chi connectivity index (χ3v) is 4.73. The Kier molecular flexibility index (Phi) is 6.05. The van der Waals surface area contributed by atoms with Crippen LogP contribution in [0.5, 0.6) is 0 Å². The lowest BCUT2D eigenvalue weighted by atomic mass is 10.1. The summed E-state index contributed by atoms with van der Waals surface area (Å²) in [5.74, 6) is -0.808. The molecule has 0 saturated heterocycles. The van der Waals surface area contributed by atoms with Crippen molar-refractivity contribution < 1.29 is 9.59 Å². The first-order valence-corrected chi connectivity index (χ1v) is 9.87. The van der Waals surface area contributed by atoms with Gasteiger partial charge in [0.25, 0.3) is 11.8 Å². The number of nitrogens with zero attached hydrogens (tertiary/aromatic N) is 3. The maximum atomic E-state index is 12.7. The van der Waals surface area contributed by atoms with Gasteiger partial charge in [-0.05, 0) is 42.0 Å². The Hall–Kier alpha value is -3.97. The molecule has 4 rings (SSSR count). The van der Waals surface area contributed by atoms with Crippen molar-refractivity contribution in [1.82, 2.24) is 15.0 Å². The second-order valence-electron chi connectivity index (χ2n) is 6.75. The summed E-state index contributed by atoms with van der Waals surface area (Å²) in [7, 11) is 0. The third kappa shape index (κ3) is 5.15. The summed E-state index contributed by atoms with van der Waals surface area (Å²) < 4.78 is 1.59. The van der Waals surface area contributed by atoms with Crippen molar-refractivity contribution in [2.24, 2.45) is 0 Å². The SMILES string of the molecule is O=C(Nc1ccccc1C(=O)Nc1ccc(Cl)cc1)c1cn(Cc2ccccc2)nn1. The van der Waals surface area contributed by atoms with Gasteiger partial charge in [-0.2, -0.15) is 0 Å². The zero-order valence-corrected chi connectivity index (χ0v) is 17.1. The molecule has 154 valence electrons. The zero-order valence-electron chi connectivity index (χ0n) is 16.3. The van der Waals surface area contributed by atoms with E-state index in [1.807, 2.05) is 30.3 Å². The van der Waals surface area contributed by atoms with E-state index in [2.05, 4.69) is 20.9 Å². The number of hydrogen-bond donors (Lipinski definition) is 2. The Balaban J connectivity index is 1.46. The molecule has 8 heteroatoms. The molecule has 0 spiro atoms. The molecule has 0 bridgehead atoms. The second-order valence-corrected chi connectivity index (χ2v) is 7.18. The quantitative estimate of drug-likeness (QED) is 0.471. The number of hydrogen-bond acceptors (Lipinski definition) is 4. The van der Waals surface area contributed by atoms with E-state index in [1.54, 1.807) is 59.4 Å². The normalized spacial score (nSPS) is 10.5. The maximum Gasteiger partial charge on any atom is 0.277 e. The van der Waals surface area contributed by atoms with Crippen LogP contribution in [0.3, 0.4) is 0 Å². The van der Waals surface area contributed by atoms with Gasteiger partial charge in [0.1, 0.15) is 0 Å². The van der Waals surface area contributed by atoms with E-state index in [4.69, 9.17) is 11.6 Å². The molecular weight excluding hydrogens is 414 g/mol. The highest BCUT2D eigenvalue weighted by Crippen LogP contribution is 2.19. The number of anilines is 2. The van der Waals surface area contributed by atoms with Crippen LogP contribution in [0, 0.1) is 0 Å². The van der Waals surface area contributed by atoms with E-state index in [0.717, 1.165) is 5.56 Å². The van der Waals surface area contributed by atoms with Crippen LogP contribution in [0.2, 0.25) is 5.02 Å². The van der Waals surface area contributed by atoms with E-state index in [9.17, 15) is 9.59 Å². The molecule has 0 saturated carbocycles. The van der Waals surface area contributed by atoms with Crippen LogP contribution in [0.25, 0.3) is 0 Å². The fraction of sp³-hybridized carbons (Fsp3) is 0.0435. The van der Waals surface area contributed by atoms with Crippen LogP contribution in [-0.2, 0) is 6.54 Å². The van der Waals surface area contributed by atoms with E-state index < -0.39 is 5.91 Å². The monoisotopic (exact) mass is 431 g/mol. The molecule has 3 aromatic carbocycles. The molecule has 31 heavy (non-hydrogen) atoms. The van der Waals surface area contributed by atoms with Gasteiger partial charge in [0.2, 0.25) is 0 Å². The average molecular weight is 432 g/mol. The Morgan fingerprint density at radius 2 is 1.55 bits per heavy atom. The van der Waals surface area contributed by atoms with Crippen LogP contribution in [-0.4, -0.2) is 26.8 Å². The van der Waals surface area contributed by atoms with Crippen molar-refractivity contribution in [3.8, 4) is 0 Å². The molecule has 0 aliphatic rings. The van der Waals surface area contributed by atoms with Crippen LogP contribution >= 0.6 is 11.6 Å². The van der Waals surface area contributed by atoms with Gasteiger partial charge >= 0.3 is 0 Å². The second kappa shape index (κ2) is 9.23. The molecule has 7 nitrogen and oxygen atoms in total. The minimum absolute atomic E-state index is 0.156. The largest absolute Gasteiger partial charge is 0.322 e. The molecular formula is C23H18ClN5O2. The molecule has 1 heterocycles. The highest BCUT2D eigenvalue weighted by molar-refractivity contribution is 6.30. The number of amides is 2. The lowest BCUT2D eigenvalue weighted by molar-refractivity contribution is 0.102. The van der Waals surface area contributed by atoms with E-state index in [1.165, 1.54) is 0 Å².